The van der Waals surface area contributed by atoms with Gasteiger partial charge in [0.15, 0.2) is 0 Å². The monoisotopic (exact) mass is 290 g/mol. The zero-order valence-corrected chi connectivity index (χ0v) is 12.5. The number of likely N-dealkylation sites (N-methyl/N-ethyl adjacent to an activating group) is 1. The third-order valence-corrected chi connectivity index (χ3v) is 3.48. The lowest BCUT2D eigenvalue weighted by Crippen LogP contribution is -2.27. The minimum absolute atomic E-state index is 0.105. The molecule has 0 aliphatic rings. The minimum atomic E-state index is 0.105. The smallest absolute Gasteiger partial charge is 0.128 e. The molecule has 0 heterocycles. The maximum absolute atomic E-state index is 6.35. The molecular weight excluding hydrogens is 272 g/mol. The quantitative estimate of drug-likeness (QED) is 0.912. The van der Waals surface area contributed by atoms with Gasteiger partial charge in [-0.1, -0.05) is 35.9 Å². The van der Waals surface area contributed by atoms with Gasteiger partial charge in [0, 0.05) is 17.6 Å². The van der Waals surface area contributed by atoms with Crippen molar-refractivity contribution in [2.24, 2.45) is 5.73 Å². The molecule has 0 aliphatic heterocycles. The zero-order valence-electron chi connectivity index (χ0n) is 11.7. The molecule has 0 fully saturated rings. The Morgan fingerprint density at radius 2 is 1.80 bits per heavy atom. The summed E-state index contributed by atoms with van der Waals surface area (Å²) in [5.41, 5.74) is 6.82. The van der Waals surface area contributed by atoms with Crippen LogP contribution < -0.4 is 10.5 Å². The fourth-order valence-electron chi connectivity index (χ4n) is 2.08. The molecule has 2 rings (SSSR count). The Balaban J connectivity index is 2.21. The first kappa shape index (κ1) is 14.9. The van der Waals surface area contributed by atoms with Gasteiger partial charge in [-0.2, -0.15) is 0 Å². The summed E-state index contributed by atoms with van der Waals surface area (Å²) >= 11 is 6.35. The first-order chi connectivity index (χ1) is 9.61. The van der Waals surface area contributed by atoms with E-state index in [0.29, 0.717) is 11.6 Å². The summed E-state index contributed by atoms with van der Waals surface area (Å²) in [7, 11) is 3.98. The van der Waals surface area contributed by atoms with Crippen LogP contribution in [0.2, 0.25) is 5.02 Å². The molecule has 3 nitrogen and oxygen atoms in total. The standard InChI is InChI=1S/C16H19ClN2O/c1-19(2)16(11-18)14-9-8-13(10-15(14)17)20-12-6-4-3-5-7-12/h3-10,16H,11,18H2,1-2H3. The number of nitrogens with two attached hydrogens (primary N) is 1. The number of para-hydroxylation sites is 1. The van der Waals surface area contributed by atoms with Gasteiger partial charge in [-0.3, -0.25) is 0 Å². The van der Waals surface area contributed by atoms with E-state index in [4.69, 9.17) is 22.1 Å². The first-order valence-corrected chi connectivity index (χ1v) is 6.88. The van der Waals surface area contributed by atoms with Crippen LogP contribution in [0.25, 0.3) is 0 Å². The van der Waals surface area contributed by atoms with Crippen molar-refractivity contribution in [2.75, 3.05) is 20.6 Å². The van der Waals surface area contributed by atoms with Crippen LogP contribution >= 0.6 is 11.6 Å². The van der Waals surface area contributed by atoms with Crippen LogP contribution in [0.3, 0.4) is 0 Å². The van der Waals surface area contributed by atoms with Gasteiger partial charge in [-0.15, -0.1) is 0 Å². The van der Waals surface area contributed by atoms with Crippen LogP contribution in [0, 0.1) is 0 Å². The molecule has 4 heteroatoms. The lowest BCUT2D eigenvalue weighted by molar-refractivity contribution is 0.306. The van der Waals surface area contributed by atoms with Gasteiger partial charge in [0.25, 0.3) is 0 Å². The molecular formula is C16H19ClN2O. The Hall–Kier alpha value is -1.55. The molecule has 1 atom stereocenters. The van der Waals surface area contributed by atoms with E-state index < -0.39 is 0 Å². The Morgan fingerprint density at radius 1 is 1.10 bits per heavy atom. The topological polar surface area (TPSA) is 38.5 Å². The Bertz CT molecular complexity index is 558. The van der Waals surface area contributed by atoms with E-state index in [0.717, 1.165) is 17.1 Å². The largest absolute Gasteiger partial charge is 0.457 e. The Labute approximate surface area is 124 Å². The summed E-state index contributed by atoms with van der Waals surface area (Å²) in [6.45, 7) is 0.519. The van der Waals surface area contributed by atoms with Crippen molar-refractivity contribution in [3.63, 3.8) is 0 Å². The average molecular weight is 291 g/mol. The van der Waals surface area contributed by atoms with Crippen molar-refractivity contribution >= 4 is 11.6 Å². The summed E-state index contributed by atoms with van der Waals surface area (Å²) < 4.78 is 5.76. The normalized spacial score (nSPS) is 12.4. The van der Waals surface area contributed by atoms with Gasteiger partial charge in [0.2, 0.25) is 0 Å². The van der Waals surface area contributed by atoms with Gasteiger partial charge in [0.05, 0.1) is 0 Å². The van der Waals surface area contributed by atoms with E-state index >= 15 is 0 Å². The Morgan fingerprint density at radius 3 is 2.35 bits per heavy atom. The van der Waals surface area contributed by atoms with Crippen LogP contribution in [-0.2, 0) is 0 Å². The van der Waals surface area contributed by atoms with E-state index in [9.17, 15) is 0 Å². The number of benzene rings is 2. The van der Waals surface area contributed by atoms with Crippen LogP contribution in [0.4, 0.5) is 0 Å². The second-order valence-corrected chi connectivity index (χ2v) is 5.22. The highest BCUT2D eigenvalue weighted by atomic mass is 35.5. The third kappa shape index (κ3) is 3.51. The first-order valence-electron chi connectivity index (χ1n) is 6.50. The van der Waals surface area contributed by atoms with Crippen molar-refractivity contribution < 1.29 is 4.74 Å². The second-order valence-electron chi connectivity index (χ2n) is 4.81. The van der Waals surface area contributed by atoms with E-state index in [2.05, 4.69) is 4.90 Å². The fraction of sp³-hybridized carbons (Fsp3) is 0.250. The molecule has 0 saturated heterocycles. The molecule has 2 N–H and O–H groups in total. The van der Waals surface area contributed by atoms with Gasteiger partial charge in [-0.25, -0.2) is 0 Å². The Kier molecular flexibility index (Phi) is 5.01. The van der Waals surface area contributed by atoms with Gasteiger partial charge >= 0.3 is 0 Å². The van der Waals surface area contributed by atoms with Crippen molar-refractivity contribution in [3.05, 3.63) is 59.1 Å². The number of hydrogen-bond acceptors (Lipinski definition) is 3. The van der Waals surface area contributed by atoms with Crippen LogP contribution in [0.5, 0.6) is 11.5 Å². The molecule has 0 aromatic heterocycles. The van der Waals surface area contributed by atoms with Gasteiger partial charge < -0.3 is 15.4 Å². The van der Waals surface area contributed by atoms with E-state index in [1.54, 1.807) is 0 Å². The summed E-state index contributed by atoms with van der Waals surface area (Å²) in [4.78, 5) is 2.05. The molecule has 0 saturated carbocycles. The van der Waals surface area contributed by atoms with Crippen LogP contribution in [-0.4, -0.2) is 25.5 Å². The predicted octanol–water partition coefficient (Wildman–Crippen LogP) is 3.69. The summed E-state index contributed by atoms with van der Waals surface area (Å²) in [6, 6.07) is 15.5. The lowest BCUT2D eigenvalue weighted by atomic mass is 10.1. The van der Waals surface area contributed by atoms with Gasteiger partial charge in [-0.05, 0) is 43.9 Å². The van der Waals surface area contributed by atoms with E-state index in [1.807, 2.05) is 62.6 Å². The SMILES string of the molecule is CN(C)C(CN)c1ccc(Oc2ccccc2)cc1Cl. The summed E-state index contributed by atoms with van der Waals surface area (Å²) in [5.74, 6) is 1.51. The van der Waals surface area contributed by atoms with Crippen molar-refractivity contribution in [1.82, 2.24) is 4.90 Å². The zero-order chi connectivity index (χ0) is 14.5. The molecule has 2 aromatic rings. The molecule has 0 amide bonds. The number of rotatable bonds is 5. The maximum atomic E-state index is 6.35. The molecule has 1 unspecified atom stereocenters. The number of nitrogens with zero attached hydrogens (tertiary/aromatic N) is 1. The predicted molar refractivity (Wildman–Crippen MR) is 83.5 cm³/mol. The van der Waals surface area contributed by atoms with Crippen molar-refractivity contribution in [1.29, 1.82) is 0 Å². The van der Waals surface area contributed by atoms with Gasteiger partial charge in [0.1, 0.15) is 11.5 Å². The lowest BCUT2D eigenvalue weighted by Gasteiger charge is -2.24. The van der Waals surface area contributed by atoms with E-state index in [-0.39, 0.29) is 6.04 Å². The second kappa shape index (κ2) is 6.75. The number of hydrogen-bond donors (Lipinski definition) is 1. The van der Waals surface area contributed by atoms with Crippen molar-refractivity contribution in [3.8, 4) is 11.5 Å². The van der Waals surface area contributed by atoms with Crippen LogP contribution in [0.15, 0.2) is 48.5 Å². The highest BCUT2D eigenvalue weighted by molar-refractivity contribution is 6.31. The number of halogens is 1. The third-order valence-electron chi connectivity index (χ3n) is 3.16. The minimum Gasteiger partial charge on any atom is -0.457 e. The van der Waals surface area contributed by atoms with Crippen molar-refractivity contribution in [2.45, 2.75) is 6.04 Å². The molecule has 0 radical (unpaired) electrons. The maximum Gasteiger partial charge on any atom is 0.128 e. The molecule has 0 aliphatic carbocycles. The molecule has 0 spiro atoms. The fourth-order valence-corrected chi connectivity index (χ4v) is 2.38. The highest BCUT2D eigenvalue weighted by Gasteiger charge is 2.16. The summed E-state index contributed by atoms with van der Waals surface area (Å²) in [5, 5.41) is 0.669. The number of ether oxygens (including phenoxy) is 1. The average Bonchev–Trinajstić information content (AvgIpc) is 2.43. The summed E-state index contributed by atoms with van der Waals surface area (Å²) in [6.07, 6.45) is 0. The van der Waals surface area contributed by atoms with E-state index in [1.165, 1.54) is 0 Å². The highest BCUT2D eigenvalue weighted by Crippen LogP contribution is 2.31. The van der Waals surface area contributed by atoms with Crippen LogP contribution in [0.1, 0.15) is 11.6 Å². The molecule has 106 valence electrons. The molecule has 0 bridgehead atoms. The molecule has 20 heavy (non-hydrogen) atoms. The molecule has 2 aromatic carbocycles.